The highest BCUT2D eigenvalue weighted by Crippen LogP contribution is 2.44. The van der Waals surface area contributed by atoms with Crippen molar-refractivity contribution in [2.24, 2.45) is 5.73 Å². The maximum atomic E-state index is 13.4. The fourth-order valence-electron chi connectivity index (χ4n) is 2.02. The molecule has 1 heterocycles. The van der Waals surface area contributed by atoms with Gasteiger partial charge in [0.15, 0.2) is 0 Å². The van der Waals surface area contributed by atoms with Crippen LogP contribution >= 0.6 is 0 Å². The second-order valence-corrected chi connectivity index (χ2v) is 3.82. The van der Waals surface area contributed by atoms with E-state index in [2.05, 4.69) is 4.98 Å². The summed E-state index contributed by atoms with van der Waals surface area (Å²) in [4.78, 5) is 3.96. The van der Waals surface area contributed by atoms with Crippen molar-refractivity contribution < 1.29 is 8.78 Å². The summed E-state index contributed by atoms with van der Waals surface area (Å²) in [6, 6.07) is 2.86. The second kappa shape index (κ2) is 3.28. The highest BCUT2D eigenvalue weighted by Gasteiger charge is 2.47. The first kappa shape index (κ1) is 9.52. The Morgan fingerprint density at radius 1 is 1.57 bits per heavy atom. The molecule has 0 aromatic carbocycles. The number of aromatic nitrogens is 1. The first-order chi connectivity index (χ1) is 6.68. The minimum atomic E-state index is -0.861. The number of rotatable bonds is 2. The van der Waals surface area contributed by atoms with Gasteiger partial charge in [-0.25, -0.2) is 8.78 Å². The molecule has 0 radical (unpaired) electrons. The molecule has 76 valence electrons. The molecule has 1 fully saturated rings. The van der Waals surface area contributed by atoms with E-state index < -0.39 is 11.6 Å². The van der Waals surface area contributed by atoms with Gasteiger partial charge in [-0.2, -0.15) is 0 Å². The van der Waals surface area contributed by atoms with Crippen LogP contribution in [0.5, 0.6) is 0 Å². The molecule has 0 atom stereocenters. The third-order valence-corrected chi connectivity index (χ3v) is 2.88. The molecule has 1 aliphatic carbocycles. The fraction of sp³-hybridized carbons (Fsp3) is 0.500. The predicted octanol–water partition coefficient (Wildman–Crippen LogP) is 1.55. The van der Waals surface area contributed by atoms with Gasteiger partial charge in [0.25, 0.3) is 0 Å². The van der Waals surface area contributed by atoms with Crippen LogP contribution in [0, 0.1) is 5.82 Å². The Kier molecular flexibility index (Phi) is 2.23. The predicted molar refractivity (Wildman–Crippen MR) is 49.1 cm³/mol. The number of hydrogen-bond acceptors (Lipinski definition) is 2. The summed E-state index contributed by atoms with van der Waals surface area (Å²) < 4.78 is 26.2. The number of alkyl halides is 1. The van der Waals surface area contributed by atoms with Crippen LogP contribution in [-0.4, -0.2) is 17.7 Å². The van der Waals surface area contributed by atoms with E-state index >= 15 is 0 Å². The molecule has 1 aliphatic rings. The first-order valence-corrected chi connectivity index (χ1v) is 4.63. The van der Waals surface area contributed by atoms with Gasteiger partial charge in [0.2, 0.25) is 0 Å². The summed E-state index contributed by atoms with van der Waals surface area (Å²) in [6.45, 7) is 0.251. The summed E-state index contributed by atoms with van der Waals surface area (Å²) in [6.07, 6.45) is 1.23. The molecule has 1 aromatic rings. The van der Waals surface area contributed by atoms with Gasteiger partial charge >= 0.3 is 0 Å². The topological polar surface area (TPSA) is 38.9 Å². The Morgan fingerprint density at radius 2 is 2.29 bits per heavy atom. The first-order valence-electron chi connectivity index (χ1n) is 4.63. The van der Waals surface area contributed by atoms with Crippen molar-refractivity contribution >= 4 is 0 Å². The second-order valence-electron chi connectivity index (χ2n) is 3.82. The van der Waals surface area contributed by atoms with E-state index in [1.54, 1.807) is 0 Å². The normalized spacial score (nSPS) is 31.2. The zero-order valence-electron chi connectivity index (χ0n) is 7.71. The Hall–Kier alpha value is -1.03. The zero-order valence-corrected chi connectivity index (χ0v) is 7.71. The van der Waals surface area contributed by atoms with Crippen molar-refractivity contribution in [3.05, 3.63) is 29.8 Å². The van der Waals surface area contributed by atoms with Gasteiger partial charge < -0.3 is 5.73 Å². The Morgan fingerprint density at radius 3 is 2.79 bits per heavy atom. The number of pyridine rings is 1. The lowest BCUT2D eigenvalue weighted by Crippen LogP contribution is -2.49. The summed E-state index contributed by atoms with van der Waals surface area (Å²) in [5.41, 5.74) is 5.31. The minimum absolute atomic E-state index is 0.251. The third kappa shape index (κ3) is 1.30. The molecule has 0 unspecified atom stereocenters. The van der Waals surface area contributed by atoms with E-state index in [0.717, 1.165) is 0 Å². The van der Waals surface area contributed by atoms with Crippen LogP contribution in [0.2, 0.25) is 0 Å². The van der Waals surface area contributed by atoms with Crippen molar-refractivity contribution in [3.8, 4) is 0 Å². The van der Waals surface area contributed by atoms with E-state index in [4.69, 9.17) is 5.73 Å². The largest absolute Gasteiger partial charge is 0.330 e. The molecule has 0 amide bonds. The lowest BCUT2D eigenvalue weighted by Gasteiger charge is -2.42. The molecule has 14 heavy (non-hydrogen) atoms. The van der Waals surface area contributed by atoms with E-state index in [0.29, 0.717) is 5.69 Å². The Balaban J connectivity index is 2.34. The molecule has 1 aromatic heterocycles. The lowest BCUT2D eigenvalue weighted by atomic mass is 9.65. The lowest BCUT2D eigenvalue weighted by molar-refractivity contribution is 0.0932. The van der Waals surface area contributed by atoms with E-state index in [1.165, 1.54) is 18.3 Å². The number of nitrogens with zero attached hydrogens (tertiary/aromatic N) is 1. The molecule has 4 heteroatoms. The molecule has 2 rings (SSSR count). The standard InChI is InChI=1S/C10H12F2N2/c11-7-4-10(5-7,6-13)9-8(12)2-1-3-14-9/h1-3,7H,4-6,13H2. The van der Waals surface area contributed by atoms with Crippen LogP contribution in [-0.2, 0) is 5.41 Å². The quantitative estimate of drug-likeness (QED) is 0.783. The highest BCUT2D eigenvalue weighted by atomic mass is 19.1. The average molecular weight is 198 g/mol. The monoisotopic (exact) mass is 198 g/mol. The molecular formula is C10H12F2N2. The third-order valence-electron chi connectivity index (χ3n) is 2.88. The number of nitrogens with two attached hydrogens (primary N) is 1. The van der Waals surface area contributed by atoms with Gasteiger partial charge in [0.1, 0.15) is 12.0 Å². The summed E-state index contributed by atoms with van der Waals surface area (Å²) >= 11 is 0. The molecule has 2 N–H and O–H groups in total. The SMILES string of the molecule is NCC1(c2ncccc2F)CC(F)C1. The van der Waals surface area contributed by atoms with Gasteiger partial charge in [-0.1, -0.05) is 0 Å². The van der Waals surface area contributed by atoms with Crippen molar-refractivity contribution in [1.29, 1.82) is 0 Å². The fourth-order valence-corrected chi connectivity index (χ4v) is 2.02. The molecule has 2 nitrogen and oxygen atoms in total. The molecule has 0 aliphatic heterocycles. The van der Waals surface area contributed by atoms with Gasteiger partial charge in [0, 0.05) is 18.2 Å². The smallest absolute Gasteiger partial charge is 0.145 e. The van der Waals surface area contributed by atoms with E-state index in [-0.39, 0.29) is 25.2 Å². The summed E-state index contributed by atoms with van der Waals surface area (Å²) in [5, 5.41) is 0. The van der Waals surface area contributed by atoms with Gasteiger partial charge in [0.05, 0.1) is 5.69 Å². The summed E-state index contributed by atoms with van der Waals surface area (Å²) in [5.74, 6) is -0.384. The average Bonchev–Trinajstić information content (AvgIpc) is 2.14. The maximum absolute atomic E-state index is 13.4. The van der Waals surface area contributed by atoms with Crippen LogP contribution < -0.4 is 5.73 Å². The van der Waals surface area contributed by atoms with Crippen molar-refractivity contribution in [2.45, 2.75) is 24.4 Å². The van der Waals surface area contributed by atoms with Crippen molar-refractivity contribution in [2.75, 3.05) is 6.54 Å². The minimum Gasteiger partial charge on any atom is -0.330 e. The Bertz CT molecular complexity index is 335. The molecule has 0 bridgehead atoms. The number of halogens is 2. The summed E-state index contributed by atoms with van der Waals surface area (Å²) in [7, 11) is 0. The molecular weight excluding hydrogens is 186 g/mol. The number of hydrogen-bond donors (Lipinski definition) is 1. The van der Waals surface area contributed by atoms with Crippen LogP contribution in [0.3, 0.4) is 0 Å². The zero-order chi connectivity index (χ0) is 10.2. The molecule has 1 saturated carbocycles. The van der Waals surface area contributed by atoms with E-state index in [1.807, 2.05) is 0 Å². The Labute approximate surface area is 81.1 Å². The highest BCUT2D eigenvalue weighted by molar-refractivity contribution is 5.24. The van der Waals surface area contributed by atoms with Crippen LogP contribution in [0.1, 0.15) is 18.5 Å². The van der Waals surface area contributed by atoms with Crippen molar-refractivity contribution in [3.63, 3.8) is 0 Å². The molecule has 0 spiro atoms. The van der Waals surface area contributed by atoms with Crippen molar-refractivity contribution in [1.82, 2.24) is 4.98 Å². The van der Waals surface area contributed by atoms with Gasteiger partial charge in [-0.3, -0.25) is 4.98 Å². The molecule has 0 saturated heterocycles. The van der Waals surface area contributed by atoms with E-state index in [9.17, 15) is 8.78 Å². The van der Waals surface area contributed by atoms with Crippen LogP contribution in [0.25, 0.3) is 0 Å². The van der Waals surface area contributed by atoms with Crippen LogP contribution in [0.4, 0.5) is 8.78 Å². The van der Waals surface area contributed by atoms with Gasteiger partial charge in [-0.05, 0) is 25.0 Å². The maximum Gasteiger partial charge on any atom is 0.145 e. The van der Waals surface area contributed by atoms with Crippen LogP contribution in [0.15, 0.2) is 18.3 Å². The van der Waals surface area contributed by atoms with Gasteiger partial charge in [-0.15, -0.1) is 0 Å².